The first-order valence-corrected chi connectivity index (χ1v) is 41.8. The van der Waals surface area contributed by atoms with Crippen LogP contribution in [0.1, 0.15) is 376 Å². The fourth-order valence-electron chi connectivity index (χ4n) is 11.3. The molecule has 0 aliphatic carbocycles. The monoisotopic (exact) mass is 1380 g/mol. The number of carbonyl (C=O) groups excluding carboxylic acids is 4. The lowest BCUT2D eigenvalue weighted by Crippen LogP contribution is -2.30. The van der Waals surface area contributed by atoms with Crippen LogP contribution >= 0.6 is 15.6 Å². The van der Waals surface area contributed by atoms with Gasteiger partial charge in [-0.25, -0.2) is 9.13 Å². The van der Waals surface area contributed by atoms with Gasteiger partial charge in [0.05, 0.1) is 26.4 Å². The Balaban J connectivity index is 5.25. The molecule has 0 spiro atoms. The maximum Gasteiger partial charge on any atom is 0.472 e. The molecule has 5 unspecified atom stereocenters. The second-order valence-electron chi connectivity index (χ2n) is 28.5. The largest absolute Gasteiger partial charge is 0.472 e. The predicted molar refractivity (Wildman–Crippen MR) is 381 cm³/mol. The number of rotatable bonds is 72. The molecule has 0 bridgehead atoms. The van der Waals surface area contributed by atoms with E-state index in [-0.39, 0.29) is 25.7 Å². The van der Waals surface area contributed by atoms with Crippen LogP contribution in [0.15, 0.2) is 0 Å². The lowest BCUT2D eigenvalue weighted by Gasteiger charge is -2.21. The molecule has 3 N–H and O–H groups in total. The third-order valence-electron chi connectivity index (χ3n) is 18.0. The Labute approximate surface area is 575 Å². The standard InChI is InChI=1S/C75H146O17P2/c1-9-67(7)53-45-37-29-21-17-13-11-12-14-18-22-32-41-49-57-74(79)91-70(61-85-72(77)55-47-39-31-25-24-30-38-46-54-68(8)10-2)63-89-93(81,82)87-59-69(76)60-88-94(83,84)90-64-71(62-86-73(78)56-48-40-34-26-28-36-44-52-66(5)6)92-75(80)58-50-42-33-23-19-15-16-20-27-35-43-51-65(3)4/h65-71,76H,9-64H2,1-8H3,(H,81,82)(H,83,84)/t67?,68?,69?,70-,71-/m1/s1. The molecule has 0 amide bonds. The molecule has 0 heterocycles. The van der Waals surface area contributed by atoms with E-state index in [0.717, 1.165) is 114 Å². The summed E-state index contributed by atoms with van der Waals surface area (Å²) in [5.41, 5.74) is 0. The number of ether oxygens (including phenoxy) is 4. The molecule has 17 nitrogen and oxygen atoms in total. The highest BCUT2D eigenvalue weighted by Crippen LogP contribution is 2.45. The minimum atomic E-state index is -4.96. The van der Waals surface area contributed by atoms with Gasteiger partial charge in [-0.3, -0.25) is 37.3 Å². The van der Waals surface area contributed by atoms with E-state index in [2.05, 4.69) is 55.4 Å². The molecule has 0 radical (unpaired) electrons. The molecule has 0 aromatic rings. The summed E-state index contributed by atoms with van der Waals surface area (Å²) in [6.45, 7) is 14.2. The third kappa shape index (κ3) is 66.0. The van der Waals surface area contributed by atoms with E-state index in [1.165, 1.54) is 173 Å². The van der Waals surface area contributed by atoms with Gasteiger partial charge >= 0.3 is 39.5 Å². The highest BCUT2D eigenvalue weighted by Gasteiger charge is 2.30. The SMILES string of the molecule is CCC(C)CCCCCCCCCCCCCCCCC(=O)O[C@H](COC(=O)CCCCCCCCCCC(C)CC)COP(=O)(O)OCC(O)COP(=O)(O)OC[C@@H](COC(=O)CCCCCCCCCC(C)C)OC(=O)CCCCCCCCCCCCCC(C)C. The van der Waals surface area contributed by atoms with Gasteiger partial charge in [0.15, 0.2) is 12.2 Å². The molecule has 0 aliphatic heterocycles. The average Bonchev–Trinajstić information content (AvgIpc) is 1.70. The summed E-state index contributed by atoms with van der Waals surface area (Å²) in [7, 11) is -9.91. The van der Waals surface area contributed by atoms with Crippen molar-refractivity contribution >= 4 is 39.5 Å². The van der Waals surface area contributed by atoms with Crippen molar-refractivity contribution in [3.63, 3.8) is 0 Å². The first-order chi connectivity index (χ1) is 45.2. The molecule has 558 valence electrons. The summed E-state index contributed by atoms with van der Waals surface area (Å²) >= 11 is 0. The van der Waals surface area contributed by atoms with Crippen molar-refractivity contribution < 1.29 is 80.2 Å². The molecule has 19 heteroatoms. The van der Waals surface area contributed by atoms with Crippen LogP contribution in [0, 0.1) is 23.7 Å². The molecular formula is C75H146O17P2. The Morgan fingerprint density at radius 1 is 0.298 bits per heavy atom. The first kappa shape index (κ1) is 92.1. The third-order valence-corrected chi connectivity index (χ3v) is 19.9. The molecular weight excluding hydrogens is 1230 g/mol. The zero-order valence-corrected chi connectivity index (χ0v) is 63.4. The highest BCUT2D eigenvalue weighted by molar-refractivity contribution is 7.47. The lowest BCUT2D eigenvalue weighted by atomic mass is 9.99. The van der Waals surface area contributed by atoms with E-state index in [1.54, 1.807) is 0 Å². The Morgan fingerprint density at radius 2 is 0.511 bits per heavy atom. The van der Waals surface area contributed by atoms with Gasteiger partial charge in [0.1, 0.15) is 19.3 Å². The summed E-state index contributed by atoms with van der Waals surface area (Å²) in [5, 5.41) is 10.6. The van der Waals surface area contributed by atoms with Gasteiger partial charge < -0.3 is 33.8 Å². The number of unbranched alkanes of at least 4 members (excludes halogenated alkanes) is 36. The average molecular weight is 1380 g/mol. The van der Waals surface area contributed by atoms with Crippen LogP contribution in [0.5, 0.6) is 0 Å². The Morgan fingerprint density at radius 3 is 0.755 bits per heavy atom. The maximum atomic E-state index is 13.1. The first-order valence-electron chi connectivity index (χ1n) is 38.8. The second-order valence-corrected chi connectivity index (χ2v) is 31.4. The summed E-state index contributed by atoms with van der Waals surface area (Å²) in [4.78, 5) is 72.8. The van der Waals surface area contributed by atoms with E-state index in [4.69, 9.17) is 37.0 Å². The zero-order chi connectivity index (χ0) is 69.6. The number of carbonyl (C=O) groups is 4. The van der Waals surface area contributed by atoms with E-state index in [0.29, 0.717) is 31.6 Å². The van der Waals surface area contributed by atoms with Crippen molar-refractivity contribution in [1.29, 1.82) is 0 Å². The smallest absolute Gasteiger partial charge is 0.462 e. The minimum Gasteiger partial charge on any atom is -0.462 e. The van der Waals surface area contributed by atoms with Gasteiger partial charge in [0.25, 0.3) is 0 Å². The molecule has 0 fully saturated rings. The molecule has 0 saturated carbocycles. The summed E-state index contributed by atoms with van der Waals surface area (Å²) in [5.74, 6) is 0.971. The van der Waals surface area contributed by atoms with E-state index in [9.17, 15) is 43.2 Å². The topological polar surface area (TPSA) is 237 Å². The van der Waals surface area contributed by atoms with E-state index >= 15 is 0 Å². The fourth-order valence-corrected chi connectivity index (χ4v) is 12.9. The van der Waals surface area contributed by atoms with Gasteiger partial charge in [-0.1, -0.05) is 325 Å². The van der Waals surface area contributed by atoms with Gasteiger partial charge in [0, 0.05) is 25.7 Å². The number of aliphatic hydroxyl groups excluding tert-OH is 1. The molecule has 0 aromatic heterocycles. The normalized spacial score (nSPS) is 14.7. The van der Waals surface area contributed by atoms with Crippen molar-refractivity contribution in [2.75, 3.05) is 39.6 Å². The van der Waals surface area contributed by atoms with E-state index < -0.39 is 97.5 Å². The second kappa shape index (κ2) is 64.4. The highest BCUT2D eigenvalue weighted by atomic mass is 31.2. The van der Waals surface area contributed by atoms with Crippen molar-refractivity contribution in [2.45, 2.75) is 395 Å². The number of phosphoric acid groups is 2. The fraction of sp³-hybridized carbons (Fsp3) is 0.947. The Hall–Kier alpha value is -1.94. The number of phosphoric ester groups is 2. The number of aliphatic hydroxyl groups is 1. The van der Waals surface area contributed by atoms with Crippen LogP contribution in [-0.2, 0) is 65.4 Å². The molecule has 7 atom stereocenters. The van der Waals surface area contributed by atoms with Crippen molar-refractivity contribution in [2.24, 2.45) is 23.7 Å². The molecule has 0 saturated heterocycles. The zero-order valence-electron chi connectivity index (χ0n) is 61.6. The van der Waals surface area contributed by atoms with Crippen LogP contribution < -0.4 is 0 Å². The van der Waals surface area contributed by atoms with Crippen LogP contribution in [0.25, 0.3) is 0 Å². The van der Waals surface area contributed by atoms with Crippen LogP contribution in [0.3, 0.4) is 0 Å². The molecule has 94 heavy (non-hydrogen) atoms. The molecule has 0 rings (SSSR count). The van der Waals surface area contributed by atoms with Crippen molar-refractivity contribution in [3.05, 3.63) is 0 Å². The van der Waals surface area contributed by atoms with Crippen LogP contribution in [0.4, 0.5) is 0 Å². The van der Waals surface area contributed by atoms with Crippen molar-refractivity contribution in [1.82, 2.24) is 0 Å². The number of hydrogen-bond donors (Lipinski definition) is 3. The quantitative estimate of drug-likeness (QED) is 0.0222. The molecule has 0 aromatic carbocycles. The Bertz CT molecular complexity index is 1850. The van der Waals surface area contributed by atoms with Gasteiger partial charge in [-0.2, -0.15) is 0 Å². The van der Waals surface area contributed by atoms with Gasteiger partial charge in [0.2, 0.25) is 0 Å². The van der Waals surface area contributed by atoms with Crippen molar-refractivity contribution in [3.8, 4) is 0 Å². The number of hydrogen-bond acceptors (Lipinski definition) is 15. The van der Waals surface area contributed by atoms with Gasteiger partial charge in [-0.15, -0.1) is 0 Å². The lowest BCUT2D eigenvalue weighted by molar-refractivity contribution is -0.161. The minimum absolute atomic E-state index is 0.105. The molecule has 0 aliphatic rings. The maximum absolute atomic E-state index is 13.1. The predicted octanol–water partition coefficient (Wildman–Crippen LogP) is 21.7. The van der Waals surface area contributed by atoms with E-state index in [1.807, 2.05) is 0 Å². The van der Waals surface area contributed by atoms with Gasteiger partial charge in [-0.05, 0) is 49.4 Å². The number of esters is 4. The van der Waals surface area contributed by atoms with Crippen LogP contribution in [0.2, 0.25) is 0 Å². The van der Waals surface area contributed by atoms with Crippen LogP contribution in [-0.4, -0.2) is 96.7 Å². The Kier molecular flexibility index (Phi) is 63.1. The summed E-state index contributed by atoms with van der Waals surface area (Å²) in [6, 6.07) is 0. The summed E-state index contributed by atoms with van der Waals surface area (Å²) in [6.07, 6.45) is 48.5. The summed E-state index contributed by atoms with van der Waals surface area (Å²) < 4.78 is 68.5.